The monoisotopic (exact) mass is 387 g/mol. The summed E-state index contributed by atoms with van der Waals surface area (Å²) in [6.45, 7) is 7.31. The molecule has 0 bridgehead atoms. The van der Waals surface area contributed by atoms with Crippen molar-refractivity contribution < 1.29 is 9.53 Å². The summed E-state index contributed by atoms with van der Waals surface area (Å²) in [5, 5.41) is 7.03. The van der Waals surface area contributed by atoms with Crippen LogP contribution < -0.4 is 5.32 Å². The molecule has 0 atom stereocenters. The number of nitrogens with one attached hydrogen (secondary N) is 1. The van der Waals surface area contributed by atoms with Gasteiger partial charge in [-0.2, -0.15) is 5.10 Å². The van der Waals surface area contributed by atoms with Crippen LogP contribution in [0.15, 0.2) is 36.9 Å². The first-order valence-corrected chi connectivity index (χ1v) is 8.12. The number of alkyl halides is 3. The van der Waals surface area contributed by atoms with Crippen LogP contribution in [0.3, 0.4) is 0 Å². The number of rotatable bonds is 4. The number of carbonyl (C=O) groups is 1. The van der Waals surface area contributed by atoms with E-state index in [2.05, 4.69) is 17.0 Å². The molecular formula is C16H16Cl3N3O2. The van der Waals surface area contributed by atoms with Crippen LogP contribution in [-0.4, -0.2) is 26.3 Å². The summed E-state index contributed by atoms with van der Waals surface area (Å²) >= 11 is 16.7. The molecule has 5 nitrogen and oxygen atoms in total. The van der Waals surface area contributed by atoms with E-state index in [9.17, 15) is 4.79 Å². The van der Waals surface area contributed by atoms with Crippen molar-refractivity contribution in [3.8, 4) is 5.69 Å². The Balaban J connectivity index is 2.26. The number of benzene rings is 1. The molecule has 2 aromatic rings. The van der Waals surface area contributed by atoms with Gasteiger partial charge < -0.3 is 4.74 Å². The Morgan fingerprint density at radius 2 is 1.96 bits per heavy atom. The topological polar surface area (TPSA) is 56.1 Å². The normalized spacial score (nSPS) is 11.2. The standard InChI is InChI=1S/C16H16Cl3N3O2/c1-10(2)13-8-14(20-15(23)24-9-16(17,18)19)22(21-13)12-6-4-11(3)5-7-12/h4-8H,1,9H2,2-3H3,(H,20,23). The number of aryl methyl sites for hydroxylation is 1. The number of hydrogen-bond acceptors (Lipinski definition) is 3. The van der Waals surface area contributed by atoms with Crippen molar-refractivity contribution in [2.45, 2.75) is 17.6 Å². The molecule has 1 heterocycles. The molecule has 0 saturated heterocycles. The van der Waals surface area contributed by atoms with E-state index in [1.165, 1.54) is 0 Å². The third-order valence-electron chi connectivity index (χ3n) is 3.02. The summed E-state index contributed by atoms with van der Waals surface area (Å²) in [5.41, 5.74) is 3.30. The highest BCUT2D eigenvalue weighted by atomic mass is 35.6. The predicted octanol–water partition coefficient (Wildman–Crippen LogP) is 5.13. The van der Waals surface area contributed by atoms with Crippen LogP contribution in [0.4, 0.5) is 10.6 Å². The van der Waals surface area contributed by atoms with Gasteiger partial charge in [0.2, 0.25) is 3.79 Å². The van der Waals surface area contributed by atoms with E-state index in [1.54, 1.807) is 10.7 Å². The second-order valence-corrected chi connectivity index (χ2v) is 7.77. The van der Waals surface area contributed by atoms with Crippen molar-refractivity contribution in [1.29, 1.82) is 0 Å². The first kappa shape index (κ1) is 18.6. The Bertz CT molecular complexity index is 749. The lowest BCUT2D eigenvalue weighted by molar-refractivity contribution is 0.163. The van der Waals surface area contributed by atoms with Gasteiger partial charge in [-0.15, -0.1) is 0 Å². The zero-order valence-electron chi connectivity index (χ0n) is 13.1. The highest BCUT2D eigenvalue weighted by molar-refractivity contribution is 6.67. The lowest BCUT2D eigenvalue weighted by atomic mass is 10.2. The predicted molar refractivity (Wildman–Crippen MR) is 98.3 cm³/mol. The van der Waals surface area contributed by atoms with Gasteiger partial charge in [-0.05, 0) is 31.6 Å². The smallest absolute Gasteiger partial charge is 0.412 e. The van der Waals surface area contributed by atoms with Crippen molar-refractivity contribution in [2.75, 3.05) is 11.9 Å². The van der Waals surface area contributed by atoms with Crippen LogP contribution in [0.25, 0.3) is 11.3 Å². The van der Waals surface area contributed by atoms with E-state index < -0.39 is 9.89 Å². The van der Waals surface area contributed by atoms with Gasteiger partial charge in [0.15, 0.2) is 0 Å². The summed E-state index contributed by atoms with van der Waals surface area (Å²) in [7, 11) is 0. The lowest BCUT2D eigenvalue weighted by Gasteiger charge is -2.13. The number of aromatic nitrogens is 2. The number of amides is 1. The van der Waals surface area contributed by atoms with Gasteiger partial charge >= 0.3 is 6.09 Å². The zero-order chi connectivity index (χ0) is 17.9. The minimum absolute atomic E-state index is 0.366. The molecule has 0 unspecified atom stereocenters. The Kier molecular flexibility index (Phi) is 5.80. The van der Waals surface area contributed by atoms with E-state index >= 15 is 0 Å². The van der Waals surface area contributed by atoms with Crippen molar-refractivity contribution in [3.63, 3.8) is 0 Å². The van der Waals surface area contributed by atoms with Crippen LogP contribution in [0.1, 0.15) is 18.2 Å². The quantitative estimate of drug-likeness (QED) is 0.738. The summed E-state index contributed by atoms with van der Waals surface area (Å²) in [6, 6.07) is 9.37. The minimum Gasteiger partial charge on any atom is -0.445 e. The molecule has 0 spiro atoms. The zero-order valence-corrected chi connectivity index (χ0v) is 15.4. The van der Waals surface area contributed by atoms with Gasteiger partial charge in [-0.25, -0.2) is 9.48 Å². The molecule has 1 aromatic heterocycles. The molecule has 0 fully saturated rings. The average molecular weight is 389 g/mol. The number of ether oxygens (including phenoxy) is 1. The Morgan fingerprint density at radius 3 is 2.50 bits per heavy atom. The van der Waals surface area contributed by atoms with Crippen LogP contribution in [0.5, 0.6) is 0 Å². The van der Waals surface area contributed by atoms with E-state index in [4.69, 9.17) is 39.5 Å². The Morgan fingerprint density at radius 1 is 1.33 bits per heavy atom. The SMILES string of the molecule is C=C(C)c1cc(NC(=O)OCC(Cl)(Cl)Cl)n(-c2ccc(C)cc2)n1. The molecule has 128 valence electrons. The average Bonchev–Trinajstić information content (AvgIpc) is 2.89. The van der Waals surface area contributed by atoms with Gasteiger partial charge in [0.05, 0.1) is 11.4 Å². The fraction of sp³-hybridized carbons (Fsp3) is 0.250. The maximum atomic E-state index is 11.9. The molecule has 8 heteroatoms. The summed E-state index contributed by atoms with van der Waals surface area (Å²) in [5.74, 6) is 0.422. The van der Waals surface area contributed by atoms with E-state index in [-0.39, 0.29) is 6.61 Å². The number of allylic oxidation sites excluding steroid dienone is 1. The maximum Gasteiger partial charge on any atom is 0.412 e. The third-order valence-corrected chi connectivity index (χ3v) is 3.35. The number of anilines is 1. The molecule has 1 amide bonds. The van der Waals surface area contributed by atoms with Gasteiger partial charge in [-0.3, -0.25) is 5.32 Å². The second kappa shape index (κ2) is 7.47. The van der Waals surface area contributed by atoms with Gasteiger partial charge in [0.25, 0.3) is 0 Å². The Labute approximate surface area is 155 Å². The number of halogens is 3. The third kappa shape index (κ3) is 5.16. The molecular weight excluding hydrogens is 373 g/mol. The lowest BCUT2D eigenvalue weighted by Crippen LogP contribution is -2.22. The van der Waals surface area contributed by atoms with Crippen LogP contribution in [0.2, 0.25) is 0 Å². The first-order valence-electron chi connectivity index (χ1n) is 6.99. The van der Waals surface area contributed by atoms with Crippen molar-refractivity contribution in [1.82, 2.24) is 9.78 Å². The van der Waals surface area contributed by atoms with Crippen molar-refractivity contribution in [3.05, 3.63) is 48.2 Å². The second-order valence-electron chi connectivity index (χ2n) is 5.26. The van der Waals surface area contributed by atoms with Gasteiger partial charge in [0.1, 0.15) is 12.4 Å². The number of carbonyl (C=O) groups excluding carboxylic acids is 1. The molecule has 1 aromatic carbocycles. The minimum atomic E-state index is -1.67. The molecule has 1 N–H and O–H groups in total. The Hall–Kier alpha value is -1.69. The van der Waals surface area contributed by atoms with E-state index in [0.717, 1.165) is 16.8 Å². The van der Waals surface area contributed by atoms with Crippen molar-refractivity contribution >= 4 is 52.3 Å². The van der Waals surface area contributed by atoms with Crippen LogP contribution in [0, 0.1) is 6.92 Å². The highest BCUT2D eigenvalue weighted by Gasteiger charge is 2.23. The molecule has 0 saturated carbocycles. The maximum absolute atomic E-state index is 11.9. The largest absolute Gasteiger partial charge is 0.445 e. The van der Waals surface area contributed by atoms with E-state index in [0.29, 0.717) is 11.5 Å². The van der Waals surface area contributed by atoms with Gasteiger partial charge in [-0.1, -0.05) is 59.1 Å². The van der Waals surface area contributed by atoms with Crippen molar-refractivity contribution in [2.24, 2.45) is 0 Å². The fourth-order valence-corrected chi connectivity index (χ4v) is 2.01. The number of nitrogens with zero attached hydrogens (tertiary/aromatic N) is 2. The summed E-state index contributed by atoms with van der Waals surface area (Å²) in [6.07, 6.45) is -0.747. The fourth-order valence-electron chi connectivity index (χ4n) is 1.85. The molecule has 0 aliphatic carbocycles. The highest BCUT2D eigenvalue weighted by Crippen LogP contribution is 2.26. The van der Waals surface area contributed by atoms with Gasteiger partial charge in [0, 0.05) is 6.07 Å². The van der Waals surface area contributed by atoms with E-state index in [1.807, 2.05) is 38.1 Å². The summed E-state index contributed by atoms with van der Waals surface area (Å²) < 4.78 is 4.79. The molecule has 24 heavy (non-hydrogen) atoms. The van der Waals surface area contributed by atoms with Crippen LogP contribution in [-0.2, 0) is 4.74 Å². The number of hydrogen-bond donors (Lipinski definition) is 1. The summed E-state index contributed by atoms with van der Waals surface area (Å²) in [4.78, 5) is 11.9. The molecule has 0 radical (unpaired) electrons. The first-order chi connectivity index (χ1) is 11.2. The molecule has 0 aliphatic heterocycles. The van der Waals surface area contributed by atoms with Crippen LogP contribution >= 0.6 is 34.8 Å². The molecule has 0 aliphatic rings. The molecule has 2 rings (SSSR count).